The fourth-order valence-corrected chi connectivity index (χ4v) is 2.86. The van der Waals surface area contributed by atoms with E-state index in [1.807, 2.05) is 19.1 Å². The van der Waals surface area contributed by atoms with Gasteiger partial charge in [0.25, 0.3) is 5.91 Å². The van der Waals surface area contributed by atoms with E-state index < -0.39 is 11.6 Å². The molecule has 6 heteroatoms. The molecule has 0 spiro atoms. The number of benzene rings is 2. The zero-order chi connectivity index (χ0) is 17.8. The van der Waals surface area contributed by atoms with Crippen molar-refractivity contribution in [3.8, 4) is 5.75 Å². The molecule has 4 nitrogen and oxygen atoms in total. The number of amides is 1. The van der Waals surface area contributed by atoms with E-state index in [2.05, 4.69) is 16.3 Å². The van der Waals surface area contributed by atoms with E-state index >= 15 is 0 Å². The van der Waals surface area contributed by atoms with E-state index in [0.717, 1.165) is 36.5 Å². The third-order valence-electron chi connectivity index (χ3n) is 4.22. The van der Waals surface area contributed by atoms with Crippen LogP contribution in [-0.2, 0) is 4.79 Å². The van der Waals surface area contributed by atoms with Crippen molar-refractivity contribution in [2.45, 2.75) is 19.8 Å². The highest BCUT2D eigenvalue weighted by Crippen LogP contribution is 2.25. The average molecular weight is 346 g/mol. The molecule has 3 rings (SSSR count). The maximum absolute atomic E-state index is 13.1. The molecule has 0 aliphatic carbocycles. The Kier molecular flexibility index (Phi) is 5.16. The number of rotatable bonds is 5. The minimum Gasteiger partial charge on any atom is -0.484 e. The van der Waals surface area contributed by atoms with Crippen molar-refractivity contribution in [1.29, 1.82) is 0 Å². The molecular weight excluding hydrogens is 326 g/mol. The normalized spacial score (nSPS) is 13.8. The smallest absolute Gasteiger partial charge is 0.262 e. The predicted octanol–water partition coefficient (Wildman–Crippen LogP) is 3.89. The Morgan fingerprint density at radius 2 is 1.88 bits per heavy atom. The molecule has 2 aromatic rings. The van der Waals surface area contributed by atoms with Crippen molar-refractivity contribution >= 4 is 17.3 Å². The third-order valence-corrected chi connectivity index (χ3v) is 4.22. The molecule has 0 bridgehead atoms. The van der Waals surface area contributed by atoms with Crippen LogP contribution in [0.3, 0.4) is 0 Å². The van der Waals surface area contributed by atoms with E-state index in [1.54, 1.807) is 0 Å². The van der Waals surface area contributed by atoms with Crippen LogP contribution in [0.2, 0.25) is 0 Å². The fraction of sp³-hybridized carbons (Fsp3) is 0.316. The molecular formula is C19H20F2N2O2. The Balaban J connectivity index is 1.57. The molecule has 0 atom stereocenters. The van der Waals surface area contributed by atoms with Gasteiger partial charge in [0.15, 0.2) is 18.2 Å². The van der Waals surface area contributed by atoms with Gasteiger partial charge in [-0.2, -0.15) is 0 Å². The second kappa shape index (κ2) is 7.51. The third kappa shape index (κ3) is 4.26. The standard InChI is InChI=1S/C19H20F2N2O2/c1-13-10-14(23-8-2-3-9-23)4-7-18(13)22-19(24)12-25-15-5-6-16(20)17(21)11-15/h4-7,10-11H,2-3,8-9,12H2,1H3,(H,22,24). The number of hydrogen-bond donors (Lipinski definition) is 1. The number of anilines is 2. The predicted molar refractivity (Wildman–Crippen MR) is 93.1 cm³/mol. The Hall–Kier alpha value is -2.63. The highest BCUT2D eigenvalue weighted by Gasteiger charge is 2.14. The lowest BCUT2D eigenvalue weighted by atomic mass is 10.1. The molecule has 0 unspecified atom stereocenters. The van der Waals surface area contributed by atoms with Gasteiger partial charge in [0.2, 0.25) is 0 Å². The number of halogens is 2. The molecule has 1 aliphatic heterocycles. The summed E-state index contributed by atoms with van der Waals surface area (Å²) in [5.74, 6) is -2.21. The van der Waals surface area contributed by atoms with Gasteiger partial charge in [-0.05, 0) is 55.7 Å². The summed E-state index contributed by atoms with van der Waals surface area (Å²) in [7, 11) is 0. The number of ether oxygens (including phenoxy) is 1. The molecule has 0 radical (unpaired) electrons. The summed E-state index contributed by atoms with van der Waals surface area (Å²) in [5.41, 5.74) is 2.83. The van der Waals surface area contributed by atoms with Crippen LogP contribution >= 0.6 is 0 Å². The molecule has 132 valence electrons. The average Bonchev–Trinajstić information content (AvgIpc) is 3.12. The van der Waals surface area contributed by atoms with Crippen LogP contribution in [0.5, 0.6) is 5.75 Å². The minimum atomic E-state index is -1.01. The monoisotopic (exact) mass is 346 g/mol. The van der Waals surface area contributed by atoms with Crippen LogP contribution in [0.1, 0.15) is 18.4 Å². The van der Waals surface area contributed by atoms with Crippen LogP contribution in [0.25, 0.3) is 0 Å². The Labute approximate surface area is 145 Å². The van der Waals surface area contributed by atoms with Gasteiger partial charge in [0.1, 0.15) is 5.75 Å². The molecule has 25 heavy (non-hydrogen) atoms. The molecule has 1 aliphatic rings. The number of aryl methyl sites for hydroxylation is 1. The largest absolute Gasteiger partial charge is 0.484 e. The zero-order valence-corrected chi connectivity index (χ0v) is 14.0. The van der Waals surface area contributed by atoms with Gasteiger partial charge in [0.05, 0.1) is 0 Å². The van der Waals surface area contributed by atoms with E-state index in [4.69, 9.17) is 4.74 Å². The van der Waals surface area contributed by atoms with Gasteiger partial charge in [-0.3, -0.25) is 4.79 Å². The summed E-state index contributed by atoms with van der Waals surface area (Å²) in [6.07, 6.45) is 2.41. The summed E-state index contributed by atoms with van der Waals surface area (Å²) in [5, 5.41) is 2.77. The first-order chi connectivity index (χ1) is 12.0. The highest BCUT2D eigenvalue weighted by molar-refractivity contribution is 5.92. The number of nitrogens with one attached hydrogen (secondary N) is 1. The van der Waals surface area contributed by atoms with Gasteiger partial charge in [-0.25, -0.2) is 8.78 Å². The lowest BCUT2D eigenvalue weighted by molar-refractivity contribution is -0.118. The van der Waals surface area contributed by atoms with Crippen molar-refractivity contribution < 1.29 is 18.3 Å². The maximum Gasteiger partial charge on any atom is 0.262 e. The van der Waals surface area contributed by atoms with Gasteiger partial charge >= 0.3 is 0 Å². The molecule has 2 aromatic carbocycles. The molecule has 0 aromatic heterocycles. The van der Waals surface area contributed by atoms with Crippen molar-refractivity contribution in [2.75, 3.05) is 29.9 Å². The van der Waals surface area contributed by atoms with Crippen molar-refractivity contribution in [2.24, 2.45) is 0 Å². The zero-order valence-electron chi connectivity index (χ0n) is 14.0. The van der Waals surface area contributed by atoms with E-state index in [-0.39, 0.29) is 18.3 Å². The quantitative estimate of drug-likeness (QED) is 0.893. The van der Waals surface area contributed by atoms with Crippen molar-refractivity contribution in [1.82, 2.24) is 0 Å². The highest BCUT2D eigenvalue weighted by atomic mass is 19.2. The van der Waals surface area contributed by atoms with Crippen LogP contribution in [-0.4, -0.2) is 25.6 Å². The lowest BCUT2D eigenvalue weighted by Gasteiger charge is -2.19. The summed E-state index contributed by atoms with van der Waals surface area (Å²) in [6, 6.07) is 9.07. The van der Waals surface area contributed by atoms with Crippen LogP contribution in [0.4, 0.5) is 20.2 Å². The Morgan fingerprint density at radius 3 is 2.56 bits per heavy atom. The maximum atomic E-state index is 13.1. The van der Waals surface area contributed by atoms with E-state index in [9.17, 15) is 13.6 Å². The van der Waals surface area contributed by atoms with Gasteiger partial charge < -0.3 is 15.0 Å². The summed E-state index contributed by atoms with van der Waals surface area (Å²) in [6.45, 7) is 3.78. The van der Waals surface area contributed by atoms with Gasteiger partial charge in [-0.15, -0.1) is 0 Å². The minimum absolute atomic E-state index is 0.107. The summed E-state index contributed by atoms with van der Waals surface area (Å²) < 4.78 is 31.2. The van der Waals surface area contributed by atoms with E-state index in [0.29, 0.717) is 5.69 Å². The Bertz CT molecular complexity index is 774. The second-order valence-corrected chi connectivity index (χ2v) is 6.11. The topological polar surface area (TPSA) is 41.6 Å². The fourth-order valence-electron chi connectivity index (χ4n) is 2.86. The van der Waals surface area contributed by atoms with Gasteiger partial charge in [-0.1, -0.05) is 0 Å². The van der Waals surface area contributed by atoms with Crippen LogP contribution in [0.15, 0.2) is 36.4 Å². The Morgan fingerprint density at radius 1 is 1.12 bits per heavy atom. The summed E-state index contributed by atoms with van der Waals surface area (Å²) in [4.78, 5) is 14.3. The summed E-state index contributed by atoms with van der Waals surface area (Å²) >= 11 is 0. The first-order valence-corrected chi connectivity index (χ1v) is 8.26. The van der Waals surface area contributed by atoms with Crippen LogP contribution in [0, 0.1) is 18.6 Å². The SMILES string of the molecule is Cc1cc(N2CCCC2)ccc1NC(=O)COc1ccc(F)c(F)c1. The molecule has 1 amide bonds. The number of nitrogens with zero attached hydrogens (tertiary/aromatic N) is 1. The molecule has 1 fully saturated rings. The van der Waals surface area contributed by atoms with Crippen molar-refractivity contribution in [3.05, 3.63) is 53.6 Å². The first kappa shape index (κ1) is 17.2. The molecule has 1 heterocycles. The number of carbonyl (C=O) groups is 1. The molecule has 1 saturated heterocycles. The second-order valence-electron chi connectivity index (χ2n) is 6.11. The lowest BCUT2D eigenvalue weighted by Crippen LogP contribution is -2.21. The molecule has 0 saturated carbocycles. The molecule has 1 N–H and O–H groups in total. The number of carbonyl (C=O) groups excluding carboxylic acids is 1. The first-order valence-electron chi connectivity index (χ1n) is 8.26. The van der Waals surface area contributed by atoms with Crippen LogP contribution < -0.4 is 15.0 Å². The van der Waals surface area contributed by atoms with E-state index in [1.165, 1.54) is 18.9 Å². The van der Waals surface area contributed by atoms with Crippen molar-refractivity contribution in [3.63, 3.8) is 0 Å². The number of hydrogen-bond acceptors (Lipinski definition) is 3. The van der Waals surface area contributed by atoms with Gasteiger partial charge in [0, 0.05) is 30.5 Å².